The number of aliphatic hydroxyl groups excluding tert-OH is 2. The summed E-state index contributed by atoms with van der Waals surface area (Å²) in [6.45, 7) is 5.82. The number of carboxylic acid groups (broad SMARTS) is 1. The Balaban J connectivity index is 2.98. The molecule has 0 heterocycles. The Labute approximate surface area is 149 Å². The molecule has 10 heteroatoms. The summed E-state index contributed by atoms with van der Waals surface area (Å²) in [5, 5.41) is 42.7. The van der Waals surface area contributed by atoms with Crippen molar-refractivity contribution in [3.05, 3.63) is 38.9 Å². The number of alkyl carbamates (subject to hydrolysis) is 1. The van der Waals surface area contributed by atoms with Crippen molar-refractivity contribution in [3.8, 4) is 0 Å². The molecular weight excluding hydrogens is 348 g/mol. The minimum absolute atomic E-state index is 0.0696. The van der Waals surface area contributed by atoms with E-state index < -0.39 is 47.0 Å². The second-order valence-electron chi connectivity index (χ2n) is 6.67. The number of amides is 1. The van der Waals surface area contributed by atoms with Crippen molar-refractivity contribution in [2.24, 2.45) is 0 Å². The smallest absolute Gasteiger partial charge is 0.407 e. The molecule has 2 atom stereocenters. The Bertz CT molecular complexity index is 676. The molecule has 1 amide bonds. The van der Waals surface area contributed by atoms with Gasteiger partial charge >= 0.3 is 12.1 Å². The van der Waals surface area contributed by atoms with E-state index in [9.17, 15) is 29.9 Å². The van der Waals surface area contributed by atoms with Gasteiger partial charge in [0.15, 0.2) is 0 Å². The van der Waals surface area contributed by atoms with Gasteiger partial charge in [0.05, 0.1) is 10.5 Å². The van der Waals surface area contributed by atoms with Crippen molar-refractivity contribution < 1.29 is 34.6 Å². The number of hydrogen-bond donors (Lipinski definition) is 4. The highest BCUT2D eigenvalue weighted by Gasteiger charge is 2.26. The molecule has 1 rings (SSSR count). The van der Waals surface area contributed by atoms with Crippen LogP contribution in [-0.4, -0.2) is 50.6 Å². The number of carbonyl (C=O) groups is 2. The number of aromatic carboxylic acids is 1. The van der Waals surface area contributed by atoms with E-state index in [2.05, 4.69) is 5.32 Å². The number of carboxylic acids is 1. The zero-order valence-corrected chi connectivity index (χ0v) is 14.8. The van der Waals surface area contributed by atoms with Crippen molar-refractivity contribution in [1.82, 2.24) is 5.32 Å². The van der Waals surface area contributed by atoms with Gasteiger partial charge in [0.25, 0.3) is 5.69 Å². The van der Waals surface area contributed by atoms with Gasteiger partial charge in [-0.05, 0) is 39.3 Å². The number of ether oxygens (including phenoxy) is 1. The predicted molar refractivity (Wildman–Crippen MR) is 90.0 cm³/mol. The summed E-state index contributed by atoms with van der Waals surface area (Å²) in [4.78, 5) is 33.1. The van der Waals surface area contributed by atoms with Crippen molar-refractivity contribution in [1.29, 1.82) is 0 Å². The van der Waals surface area contributed by atoms with E-state index in [1.807, 2.05) is 0 Å². The molecule has 0 saturated heterocycles. The normalized spacial score (nSPS) is 13.6. The number of hydrogen-bond acceptors (Lipinski definition) is 7. The van der Waals surface area contributed by atoms with Crippen LogP contribution in [0.3, 0.4) is 0 Å². The van der Waals surface area contributed by atoms with Crippen molar-refractivity contribution >= 4 is 17.7 Å². The summed E-state index contributed by atoms with van der Waals surface area (Å²) in [6.07, 6.45) is -4.00. The van der Waals surface area contributed by atoms with Crippen molar-refractivity contribution in [2.45, 2.75) is 45.5 Å². The maximum Gasteiger partial charge on any atom is 0.407 e. The summed E-state index contributed by atoms with van der Waals surface area (Å²) >= 11 is 0. The van der Waals surface area contributed by atoms with E-state index in [0.717, 1.165) is 12.1 Å². The zero-order chi connectivity index (χ0) is 20.2. The molecule has 2 unspecified atom stereocenters. The third kappa shape index (κ3) is 5.67. The highest BCUT2D eigenvalue weighted by Crippen LogP contribution is 2.28. The lowest BCUT2D eigenvalue weighted by molar-refractivity contribution is -0.385. The van der Waals surface area contributed by atoms with Gasteiger partial charge in [-0.1, -0.05) is 0 Å². The van der Waals surface area contributed by atoms with Crippen LogP contribution in [-0.2, 0) is 4.74 Å². The molecule has 0 saturated carbocycles. The molecule has 0 fully saturated rings. The topological polar surface area (TPSA) is 159 Å². The molecule has 4 N–H and O–H groups in total. The van der Waals surface area contributed by atoms with E-state index in [4.69, 9.17) is 9.84 Å². The molecule has 1 aromatic carbocycles. The highest BCUT2D eigenvalue weighted by molar-refractivity contribution is 5.91. The number of nitro groups is 1. The number of nitro benzene ring substituents is 1. The Morgan fingerprint density at radius 2 is 1.88 bits per heavy atom. The van der Waals surface area contributed by atoms with E-state index in [1.165, 1.54) is 6.92 Å². The Morgan fingerprint density at radius 1 is 1.31 bits per heavy atom. The van der Waals surface area contributed by atoms with Crippen LogP contribution >= 0.6 is 0 Å². The maximum atomic E-state index is 11.6. The number of nitrogens with zero attached hydrogens (tertiary/aromatic N) is 1. The molecule has 0 bridgehead atoms. The fraction of sp³-hybridized carbons (Fsp3) is 0.500. The van der Waals surface area contributed by atoms with Gasteiger partial charge in [0.1, 0.15) is 17.8 Å². The van der Waals surface area contributed by atoms with E-state index in [-0.39, 0.29) is 16.7 Å². The first-order valence-corrected chi connectivity index (χ1v) is 7.68. The average Bonchev–Trinajstić information content (AvgIpc) is 2.49. The third-order valence-corrected chi connectivity index (χ3v) is 3.39. The van der Waals surface area contributed by atoms with Crippen molar-refractivity contribution in [3.63, 3.8) is 0 Å². The number of nitrogens with one attached hydrogen (secondary N) is 1. The number of carbonyl (C=O) groups excluding carboxylic acids is 1. The van der Waals surface area contributed by atoms with Crippen LogP contribution in [0, 0.1) is 17.0 Å². The number of rotatable bonds is 6. The molecule has 10 nitrogen and oxygen atoms in total. The quantitative estimate of drug-likeness (QED) is 0.433. The van der Waals surface area contributed by atoms with E-state index in [1.54, 1.807) is 20.8 Å². The summed E-state index contributed by atoms with van der Waals surface area (Å²) < 4.78 is 4.98. The van der Waals surface area contributed by atoms with Crippen molar-refractivity contribution in [2.75, 3.05) is 6.54 Å². The van der Waals surface area contributed by atoms with Crippen LogP contribution < -0.4 is 5.32 Å². The van der Waals surface area contributed by atoms with Gasteiger partial charge in [-0.2, -0.15) is 0 Å². The van der Waals surface area contributed by atoms with Crippen LogP contribution in [0.25, 0.3) is 0 Å². The lowest BCUT2D eigenvalue weighted by atomic mass is 9.97. The molecule has 0 aliphatic heterocycles. The molecule has 26 heavy (non-hydrogen) atoms. The average molecular weight is 370 g/mol. The Kier molecular flexibility index (Phi) is 6.65. The minimum atomic E-state index is -1.65. The third-order valence-electron chi connectivity index (χ3n) is 3.39. The van der Waals surface area contributed by atoms with Gasteiger partial charge in [0, 0.05) is 18.2 Å². The first-order chi connectivity index (χ1) is 11.8. The largest absolute Gasteiger partial charge is 0.478 e. The lowest BCUT2D eigenvalue weighted by Gasteiger charge is -2.22. The summed E-state index contributed by atoms with van der Waals surface area (Å²) in [5.74, 6) is -1.40. The second kappa shape index (κ2) is 8.11. The Hall–Kier alpha value is -2.72. The first kappa shape index (κ1) is 21.3. The second-order valence-corrected chi connectivity index (χ2v) is 6.67. The standard InChI is InChI=1S/C16H22N2O8/c1-8-10(14(21)22)5-9(6-11(8)18(24)25)13(20)12(19)7-17-15(23)26-16(2,3)4/h5-6,12-13,19-20H,7H2,1-4H3,(H,17,23)(H,21,22). The van der Waals surface area contributed by atoms with Crippen LogP contribution in [0.15, 0.2) is 12.1 Å². The van der Waals surface area contributed by atoms with Gasteiger partial charge in [-0.25, -0.2) is 9.59 Å². The number of benzene rings is 1. The monoisotopic (exact) mass is 370 g/mol. The van der Waals surface area contributed by atoms with Crippen LogP contribution in [0.4, 0.5) is 10.5 Å². The molecule has 0 radical (unpaired) electrons. The summed E-state index contributed by atoms with van der Waals surface area (Å²) in [5.41, 5.74) is -1.83. The summed E-state index contributed by atoms with van der Waals surface area (Å²) in [7, 11) is 0. The van der Waals surface area contributed by atoms with E-state index >= 15 is 0 Å². The zero-order valence-electron chi connectivity index (χ0n) is 14.8. The van der Waals surface area contributed by atoms with Gasteiger partial charge in [-0.3, -0.25) is 10.1 Å². The molecular formula is C16H22N2O8. The number of aliphatic hydroxyl groups is 2. The lowest BCUT2D eigenvalue weighted by Crippen LogP contribution is -2.38. The SMILES string of the molecule is Cc1c(C(=O)O)cc(C(O)C(O)CNC(=O)OC(C)(C)C)cc1[N+](=O)[O-]. The van der Waals surface area contributed by atoms with Crippen LogP contribution in [0.5, 0.6) is 0 Å². The molecule has 144 valence electrons. The predicted octanol–water partition coefficient (Wildman–Crippen LogP) is 1.52. The van der Waals surface area contributed by atoms with E-state index in [0.29, 0.717) is 0 Å². The minimum Gasteiger partial charge on any atom is -0.478 e. The van der Waals surface area contributed by atoms with Crippen LogP contribution in [0.1, 0.15) is 48.4 Å². The Morgan fingerprint density at radius 3 is 2.35 bits per heavy atom. The first-order valence-electron chi connectivity index (χ1n) is 7.68. The summed E-state index contributed by atoms with van der Waals surface area (Å²) in [6, 6.07) is 2.04. The fourth-order valence-electron chi connectivity index (χ4n) is 2.14. The molecule has 1 aromatic rings. The van der Waals surface area contributed by atoms with Gasteiger partial charge in [-0.15, -0.1) is 0 Å². The van der Waals surface area contributed by atoms with Crippen LogP contribution in [0.2, 0.25) is 0 Å². The molecule has 0 spiro atoms. The van der Waals surface area contributed by atoms with Gasteiger partial charge in [0.2, 0.25) is 0 Å². The maximum absolute atomic E-state index is 11.6. The molecule has 0 aliphatic rings. The molecule has 0 aromatic heterocycles. The van der Waals surface area contributed by atoms with Gasteiger partial charge < -0.3 is 25.4 Å². The highest BCUT2D eigenvalue weighted by atomic mass is 16.6. The molecule has 0 aliphatic carbocycles. The fourth-order valence-corrected chi connectivity index (χ4v) is 2.14.